The molecule has 5 rings (SSSR count). The topological polar surface area (TPSA) is 120 Å². The number of nitrogens with zero attached hydrogens (tertiary/aromatic N) is 6. The molecule has 0 aliphatic heterocycles. The molecular weight excluding hydrogens is 432 g/mol. The van der Waals surface area contributed by atoms with Crippen LogP contribution in [-0.4, -0.2) is 42.6 Å². The van der Waals surface area contributed by atoms with E-state index in [1.807, 2.05) is 32.2 Å². The number of para-hydroxylation sites is 1. The number of carbonyl (C=O) groups excluding carboxylic acids is 1. The first-order valence-corrected chi connectivity index (χ1v) is 10.9. The zero-order valence-electron chi connectivity index (χ0n) is 19.1. The van der Waals surface area contributed by atoms with Crippen LogP contribution in [0.5, 0.6) is 5.75 Å². The van der Waals surface area contributed by atoms with E-state index in [0.717, 1.165) is 24.1 Å². The molecule has 1 fully saturated rings. The molecule has 0 saturated heterocycles. The highest BCUT2D eigenvalue weighted by Gasteiger charge is 2.32. The summed E-state index contributed by atoms with van der Waals surface area (Å²) in [5, 5.41) is 10.9. The summed E-state index contributed by atoms with van der Waals surface area (Å²) in [5.74, 6) is 2.36. The first-order valence-electron chi connectivity index (χ1n) is 10.9. The van der Waals surface area contributed by atoms with Gasteiger partial charge in [0.2, 0.25) is 0 Å². The van der Waals surface area contributed by atoms with Crippen LogP contribution in [0.4, 0.5) is 23.0 Å². The Morgan fingerprint density at radius 2 is 1.85 bits per heavy atom. The fourth-order valence-electron chi connectivity index (χ4n) is 3.62. The Morgan fingerprint density at radius 3 is 2.53 bits per heavy atom. The molecule has 0 radical (unpaired) electrons. The quantitative estimate of drug-likeness (QED) is 0.378. The van der Waals surface area contributed by atoms with Gasteiger partial charge in [-0.15, -0.1) is 0 Å². The number of ether oxygens (including phenoxy) is 1. The predicted molar refractivity (Wildman–Crippen MR) is 128 cm³/mol. The van der Waals surface area contributed by atoms with Crippen molar-refractivity contribution in [2.75, 3.05) is 17.7 Å². The highest BCUT2D eigenvalue weighted by Crippen LogP contribution is 2.39. The van der Waals surface area contributed by atoms with Crippen LogP contribution in [-0.2, 0) is 7.05 Å². The largest absolute Gasteiger partial charge is 0.494 e. The molecule has 10 nitrogen and oxygen atoms in total. The van der Waals surface area contributed by atoms with Gasteiger partial charge in [0.25, 0.3) is 0 Å². The summed E-state index contributed by atoms with van der Waals surface area (Å²) >= 11 is 0. The lowest BCUT2D eigenvalue weighted by Gasteiger charge is -2.17. The van der Waals surface area contributed by atoms with Crippen LogP contribution in [0.25, 0.3) is 11.4 Å². The van der Waals surface area contributed by atoms with E-state index >= 15 is 0 Å². The van der Waals surface area contributed by atoms with Crippen molar-refractivity contribution in [1.82, 2.24) is 29.7 Å². The summed E-state index contributed by atoms with van der Waals surface area (Å²) in [4.78, 5) is 30.4. The van der Waals surface area contributed by atoms with Crippen molar-refractivity contribution in [3.05, 3.63) is 60.4 Å². The van der Waals surface area contributed by atoms with Crippen LogP contribution in [0.15, 0.2) is 49.2 Å². The number of anilines is 4. The second-order valence-electron chi connectivity index (χ2n) is 8.17. The molecule has 172 valence electrons. The average Bonchev–Trinajstić information content (AvgIpc) is 3.60. The maximum atomic E-state index is 13.0. The fourth-order valence-corrected chi connectivity index (χ4v) is 3.62. The molecule has 0 bridgehead atoms. The number of pyridine rings is 1. The van der Waals surface area contributed by atoms with E-state index < -0.39 is 0 Å². The van der Waals surface area contributed by atoms with Crippen molar-refractivity contribution in [3.63, 3.8) is 0 Å². The number of aromatic nitrogens is 6. The molecule has 4 aromatic rings. The first-order chi connectivity index (χ1) is 16.5. The van der Waals surface area contributed by atoms with Crippen LogP contribution >= 0.6 is 0 Å². The van der Waals surface area contributed by atoms with E-state index in [9.17, 15) is 4.79 Å². The van der Waals surface area contributed by atoms with Gasteiger partial charge in [-0.25, -0.2) is 15.0 Å². The fraction of sp³-hybridized carbons (Fsp3) is 0.250. The number of carbonyl (C=O) groups is 1. The molecule has 0 amide bonds. The standard InChI is InChI=1S/C24H24N8O2/c1-14-10-26-21(12-25-14)30-20-9-19(17(11-27-20)22(33)15-7-8-15)29-18-6-4-5-16(23(18)34-3)24-28-13-32(2)31-24/h4-6,9-13,15H,7-8H2,1-3H3,(H2,26,27,29,30). The molecule has 1 saturated carbocycles. The molecule has 0 atom stereocenters. The summed E-state index contributed by atoms with van der Waals surface area (Å²) in [7, 11) is 3.41. The third kappa shape index (κ3) is 4.42. The Balaban J connectivity index is 1.52. The maximum absolute atomic E-state index is 13.0. The lowest BCUT2D eigenvalue weighted by molar-refractivity contribution is 0.0968. The van der Waals surface area contributed by atoms with Gasteiger partial charge in [-0.2, -0.15) is 5.10 Å². The smallest absolute Gasteiger partial charge is 0.184 e. The van der Waals surface area contributed by atoms with E-state index in [1.165, 1.54) is 0 Å². The summed E-state index contributed by atoms with van der Waals surface area (Å²) in [5.41, 5.74) is 3.40. The van der Waals surface area contributed by atoms with Crippen molar-refractivity contribution in [2.24, 2.45) is 13.0 Å². The molecule has 0 spiro atoms. The summed E-state index contributed by atoms with van der Waals surface area (Å²) in [6, 6.07) is 7.46. The number of ketones is 1. The molecule has 34 heavy (non-hydrogen) atoms. The van der Waals surface area contributed by atoms with Crippen LogP contribution in [0.2, 0.25) is 0 Å². The highest BCUT2D eigenvalue weighted by atomic mass is 16.5. The minimum absolute atomic E-state index is 0.0510. The van der Waals surface area contributed by atoms with Gasteiger partial charge in [0.15, 0.2) is 17.4 Å². The Kier molecular flexibility index (Phi) is 5.62. The molecule has 1 aliphatic carbocycles. The number of hydrogen-bond acceptors (Lipinski definition) is 9. The molecular formula is C24H24N8O2. The number of hydrogen-bond donors (Lipinski definition) is 2. The van der Waals surface area contributed by atoms with Gasteiger partial charge in [0.05, 0.1) is 47.7 Å². The Hall–Kier alpha value is -4.34. The molecule has 10 heteroatoms. The Bertz CT molecular complexity index is 1350. The highest BCUT2D eigenvalue weighted by molar-refractivity contribution is 6.04. The summed E-state index contributed by atoms with van der Waals surface area (Å²) in [6.07, 6.45) is 8.36. The van der Waals surface area contributed by atoms with Gasteiger partial charge in [0, 0.05) is 25.2 Å². The first kappa shape index (κ1) is 21.5. The summed E-state index contributed by atoms with van der Waals surface area (Å²) in [6.45, 7) is 1.87. The number of benzene rings is 1. The Labute approximate surface area is 196 Å². The molecule has 1 aromatic carbocycles. The number of rotatable bonds is 8. The minimum atomic E-state index is 0.0510. The number of aryl methyl sites for hydroxylation is 2. The maximum Gasteiger partial charge on any atom is 0.184 e. The van der Waals surface area contributed by atoms with Crippen LogP contribution in [0.3, 0.4) is 0 Å². The van der Waals surface area contributed by atoms with Crippen LogP contribution in [0, 0.1) is 12.8 Å². The van der Waals surface area contributed by atoms with Crippen molar-refractivity contribution >= 4 is 28.8 Å². The predicted octanol–water partition coefficient (Wildman–Crippen LogP) is 4.06. The van der Waals surface area contributed by atoms with Gasteiger partial charge in [-0.1, -0.05) is 6.07 Å². The number of methoxy groups -OCH3 is 1. The third-order valence-corrected chi connectivity index (χ3v) is 5.48. The van der Waals surface area contributed by atoms with Crippen LogP contribution < -0.4 is 15.4 Å². The van der Waals surface area contributed by atoms with Crippen LogP contribution in [0.1, 0.15) is 28.9 Å². The molecule has 3 aromatic heterocycles. The zero-order valence-corrected chi connectivity index (χ0v) is 19.1. The number of nitrogens with one attached hydrogen (secondary N) is 2. The van der Waals surface area contributed by atoms with E-state index in [2.05, 4.69) is 35.7 Å². The van der Waals surface area contributed by atoms with Crippen molar-refractivity contribution in [3.8, 4) is 17.1 Å². The van der Waals surface area contributed by atoms with Crippen molar-refractivity contribution in [2.45, 2.75) is 19.8 Å². The lowest BCUT2D eigenvalue weighted by atomic mass is 10.1. The van der Waals surface area contributed by atoms with E-state index in [-0.39, 0.29) is 11.7 Å². The van der Waals surface area contributed by atoms with Gasteiger partial charge in [0.1, 0.15) is 18.0 Å². The molecule has 3 heterocycles. The normalized spacial score (nSPS) is 12.9. The van der Waals surface area contributed by atoms with Gasteiger partial charge < -0.3 is 15.4 Å². The van der Waals surface area contributed by atoms with E-state index in [4.69, 9.17) is 4.74 Å². The SMILES string of the molecule is COc1c(Nc2cc(Nc3cnc(C)cn3)ncc2C(=O)C2CC2)cccc1-c1ncn(C)n1. The Morgan fingerprint density at radius 1 is 1.03 bits per heavy atom. The van der Waals surface area contributed by atoms with Crippen molar-refractivity contribution < 1.29 is 9.53 Å². The average molecular weight is 457 g/mol. The van der Waals surface area contributed by atoms with E-state index in [1.54, 1.807) is 42.8 Å². The zero-order chi connectivity index (χ0) is 23.7. The molecule has 1 aliphatic rings. The van der Waals surface area contributed by atoms with Gasteiger partial charge >= 0.3 is 0 Å². The minimum Gasteiger partial charge on any atom is -0.494 e. The lowest BCUT2D eigenvalue weighted by Crippen LogP contribution is -2.09. The number of Topliss-reactive ketones (excluding diaryl/α,β-unsaturated/α-hetero) is 1. The second kappa shape index (κ2) is 8.89. The third-order valence-electron chi connectivity index (χ3n) is 5.48. The molecule has 2 N–H and O–H groups in total. The monoisotopic (exact) mass is 456 g/mol. The van der Waals surface area contributed by atoms with Gasteiger partial charge in [-0.3, -0.25) is 14.5 Å². The van der Waals surface area contributed by atoms with Gasteiger partial charge in [-0.05, 0) is 31.9 Å². The summed E-state index contributed by atoms with van der Waals surface area (Å²) < 4.78 is 7.36. The van der Waals surface area contributed by atoms with E-state index in [0.29, 0.717) is 40.1 Å². The molecule has 0 unspecified atom stereocenters. The van der Waals surface area contributed by atoms with Crippen molar-refractivity contribution in [1.29, 1.82) is 0 Å². The second-order valence-corrected chi connectivity index (χ2v) is 8.17.